The molecule has 94 valence electrons. The summed E-state index contributed by atoms with van der Waals surface area (Å²) in [7, 11) is 0. The summed E-state index contributed by atoms with van der Waals surface area (Å²) in [5, 5.41) is 2.75. The number of imidazole rings is 1. The molecule has 1 heterocycles. The number of carbonyl (C=O) groups is 1. The third kappa shape index (κ3) is 2.20. The second kappa shape index (κ2) is 4.57. The number of aromatic nitrogens is 2. The lowest BCUT2D eigenvalue weighted by Crippen LogP contribution is -2.05. The van der Waals surface area contributed by atoms with Gasteiger partial charge in [-0.25, -0.2) is 4.98 Å². The largest absolute Gasteiger partial charge is 0.326 e. The molecule has 0 aliphatic carbocycles. The predicted molar refractivity (Wildman–Crippen MR) is 75.4 cm³/mol. The third-order valence-electron chi connectivity index (χ3n) is 2.92. The van der Waals surface area contributed by atoms with Crippen LogP contribution in [0, 0.1) is 0 Å². The Morgan fingerprint density at radius 3 is 2.58 bits per heavy atom. The summed E-state index contributed by atoms with van der Waals surface area (Å²) in [5.74, 6) is -0.0687. The molecule has 0 atom stereocenters. The molecular weight excluding hydrogens is 238 g/mol. The van der Waals surface area contributed by atoms with E-state index in [0.717, 1.165) is 22.4 Å². The molecule has 4 heteroatoms. The van der Waals surface area contributed by atoms with Crippen LogP contribution in [0.1, 0.15) is 6.92 Å². The van der Waals surface area contributed by atoms with Gasteiger partial charge in [0.15, 0.2) is 0 Å². The number of anilines is 1. The Kier molecular flexibility index (Phi) is 2.76. The highest BCUT2D eigenvalue weighted by atomic mass is 16.1. The third-order valence-corrected chi connectivity index (χ3v) is 2.92. The van der Waals surface area contributed by atoms with Gasteiger partial charge in [0.2, 0.25) is 5.91 Å². The lowest BCUT2D eigenvalue weighted by atomic mass is 10.2. The Bertz CT molecular complexity index is 728. The van der Waals surface area contributed by atoms with Gasteiger partial charge in [-0.05, 0) is 36.4 Å². The molecule has 3 rings (SSSR count). The van der Waals surface area contributed by atoms with Crippen molar-refractivity contribution in [1.29, 1.82) is 0 Å². The van der Waals surface area contributed by atoms with Gasteiger partial charge >= 0.3 is 0 Å². The normalized spacial score (nSPS) is 10.6. The topological polar surface area (TPSA) is 46.9 Å². The van der Waals surface area contributed by atoms with E-state index in [0.29, 0.717) is 0 Å². The molecule has 1 N–H and O–H groups in total. The summed E-state index contributed by atoms with van der Waals surface area (Å²) in [6.45, 7) is 1.50. The number of carbonyl (C=O) groups excluding carboxylic acids is 1. The highest BCUT2D eigenvalue weighted by molar-refractivity contribution is 5.88. The van der Waals surface area contributed by atoms with Gasteiger partial charge in [0.05, 0.1) is 11.0 Å². The Morgan fingerprint density at radius 2 is 1.84 bits per heavy atom. The number of amides is 1. The SMILES string of the molecule is CC(=O)Nc1ccc(-n2cnc3ccccc32)cc1. The molecule has 0 spiro atoms. The molecule has 2 aromatic carbocycles. The van der Waals surface area contributed by atoms with Crippen molar-refractivity contribution in [2.24, 2.45) is 0 Å². The summed E-state index contributed by atoms with van der Waals surface area (Å²) in [5.41, 5.74) is 3.84. The van der Waals surface area contributed by atoms with Crippen molar-refractivity contribution < 1.29 is 4.79 Å². The van der Waals surface area contributed by atoms with Crippen LogP contribution in [-0.2, 0) is 4.79 Å². The Hall–Kier alpha value is -2.62. The van der Waals surface area contributed by atoms with E-state index < -0.39 is 0 Å². The van der Waals surface area contributed by atoms with Crippen molar-refractivity contribution in [3.63, 3.8) is 0 Å². The van der Waals surface area contributed by atoms with Crippen LogP contribution in [0.5, 0.6) is 0 Å². The number of fused-ring (bicyclic) bond motifs is 1. The van der Waals surface area contributed by atoms with Crippen molar-refractivity contribution in [2.75, 3.05) is 5.32 Å². The van der Waals surface area contributed by atoms with E-state index in [9.17, 15) is 4.79 Å². The first kappa shape index (κ1) is 11.5. The van der Waals surface area contributed by atoms with Crippen LogP contribution < -0.4 is 5.32 Å². The number of benzene rings is 2. The summed E-state index contributed by atoms with van der Waals surface area (Å²) in [6, 6.07) is 15.7. The van der Waals surface area contributed by atoms with Crippen LogP contribution in [-0.4, -0.2) is 15.5 Å². The Balaban J connectivity index is 2.00. The highest BCUT2D eigenvalue weighted by Crippen LogP contribution is 2.19. The highest BCUT2D eigenvalue weighted by Gasteiger charge is 2.03. The summed E-state index contributed by atoms with van der Waals surface area (Å²) in [6.07, 6.45) is 1.80. The van der Waals surface area contributed by atoms with Gasteiger partial charge in [0.25, 0.3) is 0 Å². The van der Waals surface area contributed by atoms with Crippen LogP contribution in [0.15, 0.2) is 54.9 Å². The monoisotopic (exact) mass is 251 g/mol. The molecule has 1 amide bonds. The van der Waals surface area contributed by atoms with E-state index in [1.54, 1.807) is 6.33 Å². The fourth-order valence-electron chi connectivity index (χ4n) is 2.07. The van der Waals surface area contributed by atoms with Crippen LogP contribution >= 0.6 is 0 Å². The quantitative estimate of drug-likeness (QED) is 0.761. The minimum Gasteiger partial charge on any atom is -0.326 e. The van der Waals surface area contributed by atoms with Crippen LogP contribution in [0.2, 0.25) is 0 Å². The fourth-order valence-corrected chi connectivity index (χ4v) is 2.07. The molecule has 0 unspecified atom stereocenters. The lowest BCUT2D eigenvalue weighted by Gasteiger charge is -2.06. The molecule has 0 radical (unpaired) electrons. The van der Waals surface area contributed by atoms with E-state index >= 15 is 0 Å². The van der Waals surface area contributed by atoms with Gasteiger partial charge in [-0.15, -0.1) is 0 Å². The smallest absolute Gasteiger partial charge is 0.221 e. The Morgan fingerprint density at radius 1 is 1.11 bits per heavy atom. The number of rotatable bonds is 2. The number of hydrogen-bond donors (Lipinski definition) is 1. The lowest BCUT2D eigenvalue weighted by molar-refractivity contribution is -0.114. The molecule has 0 bridgehead atoms. The van der Waals surface area contributed by atoms with Crippen molar-refractivity contribution in [1.82, 2.24) is 9.55 Å². The van der Waals surface area contributed by atoms with Crippen molar-refractivity contribution in [3.8, 4) is 5.69 Å². The summed E-state index contributed by atoms with van der Waals surface area (Å²) < 4.78 is 2.02. The zero-order chi connectivity index (χ0) is 13.2. The van der Waals surface area contributed by atoms with Crippen molar-refractivity contribution in [2.45, 2.75) is 6.92 Å². The first-order valence-electron chi connectivity index (χ1n) is 6.04. The zero-order valence-corrected chi connectivity index (χ0v) is 10.5. The molecule has 4 nitrogen and oxygen atoms in total. The summed E-state index contributed by atoms with van der Waals surface area (Å²) in [4.78, 5) is 15.3. The van der Waals surface area contributed by atoms with Gasteiger partial charge in [-0.2, -0.15) is 0 Å². The molecule has 0 saturated carbocycles. The minimum absolute atomic E-state index is 0.0687. The maximum Gasteiger partial charge on any atom is 0.221 e. The standard InChI is InChI=1S/C15H13N3O/c1-11(19)17-12-6-8-13(9-7-12)18-10-16-14-4-2-3-5-15(14)18/h2-10H,1H3,(H,17,19). The second-order valence-electron chi connectivity index (χ2n) is 4.33. The summed E-state index contributed by atoms with van der Waals surface area (Å²) >= 11 is 0. The van der Waals surface area contributed by atoms with Gasteiger partial charge in [0.1, 0.15) is 6.33 Å². The fraction of sp³-hybridized carbons (Fsp3) is 0.0667. The van der Waals surface area contributed by atoms with Gasteiger partial charge < -0.3 is 5.32 Å². The van der Waals surface area contributed by atoms with Gasteiger partial charge in [0, 0.05) is 18.3 Å². The van der Waals surface area contributed by atoms with E-state index in [-0.39, 0.29) is 5.91 Å². The Labute approximate surface area is 110 Å². The van der Waals surface area contributed by atoms with E-state index in [1.807, 2.05) is 53.1 Å². The predicted octanol–water partition coefficient (Wildman–Crippen LogP) is 2.98. The van der Waals surface area contributed by atoms with E-state index in [1.165, 1.54) is 6.92 Å². The number of nitrogens with one attached hydrogen (secondary N) is 1. The molecule has 0 aliphatic heterocycles. The number of para-hydroxylation sites is 2. The molecule has 0 saturated heterocycles. The molecule has 3 aromatic rings. The van der Waals surface area contributed by atoms with Gasteiger partial charge in [-0.3, -0.25) is 9.36 Å². The van der Waals surface area contributed by atoms with E-state index in [2.05, 4.69) is 10.3 Å². The van der Waals surface area contributed by atoms with Crippen LogP contribution in [0.3, 0.4) is 0 Å². The second-order valence-corrected chi connectivity index (χ2v) is 4.33. The van der Waals surface area contributed by atoms with E-state index in [4.69, 9.17) is 0 Å². The first-order valence-corrected chi connectivity index (χ1v) is 6.04. The first-order chi connectivity index (χ1) is 9.24. The molecule has 0 aliphatic rings. The van der Waals surface area contributed by atoms with Crippen LogP contribution in [0.25, 0.3) is 16.7 Å². The van der Waals surface area contributed by atoms with Crippen molar-refractivity contribution in [3.05, 3.63) is 54.9 Å². The number of nitrogens with zero attached hydrogens (tertiary/aromatic N) is 2. The molecular formula is C15H13N3O. The van der Waals surface area contributed by atoms with Crippen molar-refractivity contribution >= 4 is 22.6 Å². The molecule has 19 heavy (non-hydrogen) atoms. The minimum atomic E-state index is -0.0687. The molecule has 0 fully saturated rings. The molecule has 1 aromatic heterocycles. The maximum absolute atomic E-state index is 11.0. The average molecular weight is 251 g/mol. The number of hydrogen-bond acceptors (Lipinski definition) is 2. The zero-order valence-electron chi connectivity index (χ0n) is 10.5. The maximum atomic E-state index is 11.0. The average Bonchev–Trinajstić information content (AvgIpc) is 2.83. The van der Waals surface area contributed by atoms with Gasteiger partial charge in [-0.1, -0.05) is 12.1 Å². The van der Waals surface area contributed by atoms with Crippen LogP contribution in [0.4, 0.5) is 5.69 Å².